The van der Waals surface area contributed by atoms with Crippen LogP contribution in [0.3, 0.4) is 0 Å². The van der Waals surface area contributed by atoms with Crippen LogP contribution in [0.1, 0.15) is 36.1 Å². The third-order valence-electron chi connectivity index (χ3n) is 6.81. The first kappa shape index (κ1) is 17.0. The lowest BCUT2D eigenvalue weighted by Crippen LogP contribution is -2.39. The van der Waals surface area contributed by atoms with Crippen LogP contribution in [0.4, 0.5) is 4.39 Å². The van der Waals surface area contributed by atoms with Gasteiger partial charge in [-0.15, -0.1) is 0 Å². The summed E-state index contributed by atoms with van der Waals surface area (Å²) >= 11 is 0. The molecular weight excluding hydrogens is 365 g/mol. The van der Waals surface area contributed by atoms with Crippen LogP contribution in [0.5, 0.6) is 0 Å². The Morgan fingerprint density at radius 3 is 2.66 bits per heavy atom. The summed E-state index contributed by atoms with van der Waals surface area (Å²) in [7, 11) is 0. The molecule has 1 N–H and O–H groups in total. The van der Waals surface area contributed by atoms with Crippen molar-refractivity contribution < 1.29 is 4.39 Å². The van der Waals surface area contributed by atoms with Crippen LogP contribution in [0.25, 0.3) is 21.8 Å². The number of nitrogens with one attached hydrogen (secondary N) is 1. The molecule has 2 aliphatic rings. The summed E-state index contributed by atoms with van der Waals surface area (Å²) < 4.78 is 16.2. The summed E-state index contributed by atoms with van der Waals surface area (Å²) in [5.74, 6) is -0.135. The molecule has 0 spiro atoms. The molecule has 5 heteroatoms. The SMILES string of the molecule is O=c1[nH]c2ccccc2n1C1CCN(C2Cc3cccc4c(F)ccc2c34)CC1. The van der Waals surface area contributed by atoms with Gasteiger partial charge in [-0.2, -0.15) is 0 Å². The van der Waals surface area contributed by atoms with Gasteiger partial charge in [0.15, 0.2) is 0 Å². The number of hydrogen-bond acceptors (Lipinski definition) is 2. The highest BCUT2D eigenvalue weighted by Crippen LogP contribution is 2.42. The summed E-state index contributed by atoms with van der Waals surface area (Å²) in [6, 6.07) is 18.0. The summed E-state index contributed by atoms with van der Waals surface area (Å²) in [4.78, 5) is 18.0. The van der Waals surface area contributed by atoms with E-state index in [1.165, 1.54) is 11.1 Å². The molecule has 6 rings (SSSR count). The van der Waals surface area contributed by atoms with Crippen LogP contribution in [0.15, 0.2) is 59.4 Å². The van der Waals surface area contributed by atoms with Gasteiger partial charge in [-0.3, -0.25) is 9.47 Å². The fourth-order valence-corrected chi connectivity index (χ4v) is 5.46. The first-order valence-corrected chi connectivity index (χ1v) is 10.3. The van der Waals surface area contributed by atoms with Gasteiger partial charge in [0.2, 0.25) is 0 Å². The second-order valence-electron chi connectivity index (χ2n) is 8.28. The van der Waals surface area contributed by atoms with Crippen LogP contribution in [0, 0.1) is 5.82 Å². The van der Waals surface area contributed by atoms with Crippen LogP contribution in [0.2, 0.25) is 0 Å². The fraction of sp³-hybridized carbons (Fsp3) is 0.292. The Kier molecular flexibility index (Phi) is 3.68. The van der Waals surface area contributed by atoms with Crippen molar-refractivity contribution in [3.63, 3.8) is 0 Å². The number of halogens is 1. The van der Waals surface area contributed by atoms with Crippen LogP contribution < -0.4 is 5.69 Å². The minimum absolute atomic E-state index is 0.0156. The Labute approximate surface area is 167 Å². The van der Waals surface area contributed by atoms with E-state index in [9.17, 15) is 9.18 Å². The molecule has 29 heavy (non-hydrogen) atoms. The first-order valence-electron chi connectivity index (χ1n) is 10.3. The van der Waals surface area contributed by atoms with Gasteiger partial charge in [0.1, 0.15) is 5.82 Å². The molecule has 1 aliphatic heterocycles. The number of piperidine rings is 1. The molecule has 4 nitrogen and oxygen atoms in total. The van der Waals surface area contributed by atoms with Crippen molar-refractivity contribution in [3.05, 3.63) is 82.0 Å². The number of fused-ring (bicyclic) bond motifs is 1. The number of para-hydroxylation sites is 2. The van der Waals surface area contributed by atoms with Gasteiger partial charge in [0.05, 0.1) is 11.0 Å². The molecule has 1 unspecified atom stereocenters. The highest BCUT2D eigenvalue weighted by atomic mass is 19.1. The lowest BCUT2D eigenvalue weighted by Gasteiger charge is -2.36. The molecule has 1 atom stereocenters. The van der Waals surface area contributed by atoms with E-state index in [1.54, 1.807) is 6.07 Å². The number of aromatic nitrogens is 2. The van der Waals surface area contributed by atoms with Gasteiger partial charge in [-0.1, -0.05) is 36.4 Å². The molecule has 1 saturated heterocycles. The Bertz CT molecular complexity index is 1300. The number of benzene rings is 3. The van der Waals surface area contributed by atoms with Crippen molar-refractivity contribution in [2.45, 2.75) is 31.3 Å². The van der Waals surface area contributed by atoms with Crippen molar-refractivity contribution in [3.8, 4) is 0 Å². The van der Waals surface area contributed by atoms with Crippen molar-refractivity contribution in [2.24, 2.45) is 0 Å². The molecule has 0 amide bonds. The Morgan fingerprint density at radius 2 is 1.79 bits per heavy atom. The molecule has 4 aromatic rings. The number of likely N-dealkylation sites (tertiary alicyclic amines) is 1. The van der Waals surface area contributed by atoms with E-state index < -0.39 is 0 Å². The lowest BCUT2D eigenvalue weighted by molar-refractivity contribution is 0.137. The number of rotatable bonds is 2. The number of nitrogens with zero attached hydrogens (tertiary/aromatic N) is 2. The average Bonchev–Trinajstić information content (AvgIpc) is 3.29. The molecule has 0 radical (unpaired) electrons. The van der Waals surface area contributed by atoms with Crippen molar-refractivity contribution in [1.29, 1.82) is 0 Å². The monoisotopic (exact) mass is 387 g/mol. The maximum atomic E-state index is 14.3. The summed E-state index contributed by atoms with van der Waals surface area (Å²) in [6.07, 6.45) is 2.83. The number of hydrogen-bond donors (Lipinski definition) is 1. The number of aromatic amines is 1. The number of imidazole rings is 1. The quantitative estimate of drug-likeness (QED) is 0.548. The Morgan fingerprint density at radius 1 is 0.966 bits per heavy atom. The predicted octanol–water partition coefficient (Wildman–Crippen LogP) is 4.56. The van der Waals surface area contributed by atoms with Gasteiger partial charge in [0, 0.05) is 30.6 Å². The number of H-pyrrole nitrogens is 1. The Balaban J connectivity index is 1.28. The van der Waals surface area contributed by atoms with E-state index in [1.807, 2.05) is 47.0 Å². The smallest absolute Gasteiger partial charge is 0.306 e. The van der Waals surface area contributed by atoms with Crippen molar-refractivity contribution >= 4 is 21.8 Å². The highest BCUT2D eigenvalue weighted by Gasteiger charge is 2.33. The molecule has 0 saturated carbocycles. The van der Waals surface area contributed by atoms with Gasteiger partial charge in [-0.05, 0) is 54.0 Å². The second-order valence-corrected chi connectivity index (χ2v) is 8.28. The Hall–Kier alpha value is -2.92. The first-order chi connectivity index (χ1) is 14.2. The van der Waals surface area contributed by atoms with Crippen molar-refractivity contribution in [1.82, 2.24) is 14.5 Å². The fourth-order valence-electron chi connectivity index (χ4n) is 5.46. The van der Waals surface area contributed by atoms with Crippen LogP contribution in [-0.4, -0.2) is 27.5 Å². The summed E-state index contributed by atoms with van der Waals surface area (Å²) in [6.45, 7) is 1.88. The maximum absolute atomic E-state index is 14.3. The van der Waals surface area contributed by atoms with E-state index in [4.69, 9.17) is 0 Å². The summed E-state index contributed by atoms with van der Waals surface area (Å²) in [5.41, 5.74) is 4.37. The largest absolute Gasteiger partial charge is 0.326 e. The minimum Gasteiger partial charge on any atom is -0.306 e. The molecular formula is C24H22FN3O. The zero-order chi connectivity index (χ0) is 19.5. The van der Waals surface area contributed by atoms with Gasteiger partial charge < -0.3 is 4.98 Å². The minimum atomic E-state index is -0.135. The normalized spacial score (nSPS) is 20.1. The second kappa shape index (κ2) is 6.29. The maximum Gasteiger partial charge on any atom is 0.326 e. The summed E-state index contributed by atoms with van der Waals surface area (Å²) in [5, 5.41) is 1.84. The van der Waals surface area contributed by atoms with E-state index in [0.29, 0.717) is 6.04 Å². The molecule has 3 aromatic carbocycles. The molecule has 2 heterocycles. The van der Waals surface area contributed by atoms with Gasteiger partial charge >= 0.3 is 5.69 Å². The third kappa shape index (κ3) is 2.50. The molecule has 1 aromatic heterocycles. The van der Waals surface area contributed by atoms with Crippen LogP contribution in [-0.2, 0) is 6.42 Å². The zero-order valence-electron chi connectivity index (χ0n) is 16.1. The van der Waals surface area contributed by atoms with Crippen molar-refractivity contribution in [2.75, 3.05) is 13.1 Å². The topological polar surface area (TPSA) is 41.0 Å². The van der Waals surface area contributed by atoms with Crippen LogP contribution >= 0.6 is 0 Å². The van der Waals surface area contributed by atoms with Gasteiger partial charge in [-0.25, -0.2) is 9.18 Å². The lowest BCUT2D eigenvalue weighted by atomic mass is 9.99. The third-order valence-corrected chi connectivity index (χ3v) is 6.81. The van der Waals surface area contributed by atoms with E-state index in [0.717, 1.165) is 54.2 Å². The average molecular weight is 387 g/mol. The van der Waals surface area contributed by atoms with Gasteiger partial charge in [0.25, 0.3) is 0 Å². The molecule has 0 bridgehead atoms. The van der Waals surface area contributed by atoms with E-state index in [2.05, 4.69) is 16.0 Å². The molecule has 1 fully saturated rings. The molecule has 1 aliphatic carbocycles. The standard InChI is InChI=1S/C24H22FN3O/c25-19-9-8-18-22(14-15-4-3-5-17(19)23(15)18)27-12-10-16(11-13-27)28-21-7-2-1-6-20(21)26-24(28)29/h1-9,16,22H,10-14H2,(H,26,29). The van der Waals surface area contributed by atoms with E-state index in [-0.39, 0.29) is 17.5 Å². The zero-order valence-corrected chi connectivity index (χ0v) is 16.1. The van der Waals surface area contributed by atoms with E-state index >= 15 is 0 Å². The predicted molar refractivity (Wildman–Crippen MR) is 113 cm³/mol. The molecule has 146 valence electrons. The highest BCUT2D eigenvalue weighted by molar-refractivity contribution is 5.91.